The van der Waals surface area contributed by atoms with Gasteiger partial charge in [-0.1, -0.05) is 72.8 Å². The number of rotatable bonds is 7. The van der Waals surface area contributed by atoms with Crippen molar-refractivity contribution in [3.63, 3.8) is 0 Å². The second-order valence-corrected chi connectivity index (χ2v) is 8.40. The van der Waals surface area contributed by atoms with Gasteiger partial charge in [-0.05, 0) is 41.7 Å². The Kier molecular flexibility index (Phi) is 7.05. The molecule has 6 nitrogen and oxygen atoms in total. The van der Waals surface area contributed by atoms with Gasteiger partial charge in [0.25, 0.3) is 0 Å². The summed E-state index contributed by atoms with van der Waals surface area (Å²) in [6.45, 7) is 0.793. The number of nitrogens with one attached hydrogen (secondary N) is 1. The van der Waals surface area contributed by atoms with Gasteiger partial charge in [-0.15, -0.1) is 0 Å². The number of hydrogen-bond acceptors (Lipinski definition) is 4. The van der Waals surface area contributed by atoms with Gasteiger partial charge < -0.3 is 21.1 Å². The molecule has 1 aliphatic rings. The van der Waals surface area contributed by atoms with Crippen LogP contribution in [0.2, 0.25) is 0 Å². The SMILES string of the molecule is N[C@@H](C(=O)N1CCCC1C(=O)NCc1cccc(O)c1)C(c1ccccc1)c1ccccc1. The molecule has 3 aromatic rings. The van der Waals surface area contributed by atoms with Crippen LogP contribution in [0.15, 0.2) is 84.9 Å². The summed E-state index contributed by atoms with van der Waals surface area (Å²) in [4.78, 5) is 28.1. The van der Waals surface area contributed by atoms with Gasteiger partial charge in [0, 0.05) is 19.0 Å². The monoisotopic (exact) mass is 443 g/mol. The maximum Gasteiger partial charge on any atom is 0.243 e. The molecule has 0 aromatic heterocycles. The summed E-state index contributed by atoms with van der Waals surface area (Å²) in [5.41, 5.74) is 9.33. The van der Waals surface area contributed by atoms with E-state index in [0.29, 0.717) is 13.0 Å². The van der Waals surface area contributed by atoms with E-state index in [0.717, 1.165) is 23.1 Å². The van der Waals surface area contributed by atoms with Crippen molar-refractivity contribution >= 4 is 11.8 Å². The lowest BCUT2D eigenvalue weighted by Gasteiger charge is -2.31. The highest BCUT2D eigenvalue weighted by Gasteiger charge is 2.39. The molecule has 2 amide bonds. The second-order valence-electron chi connectivity index (χ2n) is 8.40. The van der Waals surface area contributed by atoms with Gasteiger partial charge >= 0.3 is 0 Å². The quantitative estimate of drug-likeness (QED) is 0.523. The van der Waals surface area contributed by atoms with E-state index >= 15 is 0 Å². The number of phenolic OH excluding ortho intramolecular Hbond substituents is 1. The molecule has 4 rings (SSSR count). The first-order chi connectivity index (χ1) is 16.0. The minimum Gasteiger partial charge on any atom is -0.508 e. The number of likely N-dealkylation sites (tertiary alicyclic amines) is 1. The molecule has 1 unspecified atom stereocenters. The number of nitrogens with two attached hydrogens (primary N) is 1. The zero-order valence-corrected chi connectivity index (χ0v) is 18.4. The standard InChI is InChI=1S/C27H29N3O3/c28-25(24(20-10-3-1-4-11-20)21-12-5-2-6-13-21)27(33)30-16-8-15-23(30)26(32)29-18-19-9-7-14-22(31)17-19/h1-7,9-14,17,23-25,31H,8,15-16,18,28H2,(H,29,32)/t23?,25-/m1/s1. The highest BCUT2D eigenvalue weighted by Crippen LogP contribution is 2.30. The smallest absolute Gasteiger partial charge is 0.243 e. The van der Waals surface area contributed by atoms with Crippen LogP contribution in [-0.4, -0.2) is 40.4 Å². The van der Waals surface area contributed by atoms with Crippen molar-refractivity contribution in [1.29, 1.82) is 0 Å². The number of nitrogens with zero attached hydrogens (tertiary/aromatic N) is 1. The average molecular weight is 444 g/mol. The molecule has 1 saturated heterocycles. The van der Waals surface area contributed by atoms with E-state index in [-0.39, 0.29) is 30.0 Å². The Balaban J connectivity index is 1.50. The molecular formula is C27H29N3O3. The van der Waals surface area contributed by atoms with Crippen LogP contribution in [0.1, 0.15) is 35.4 Å². The third kappa shape index (κ3) is 5.23. The van der Waals surface area contributed by atoms with Crippen LogP contribution in [0.5, 0.6) is 5.75 Å². The van der Waals surface area contributed by atoms with Crippen LogP contribution in [0.25, 0.3) is 0 Å². The van der Waals surface area contributed by atoms with E-state index in [1.165, 1.54) is 0 Å². The van der Waals surface area contributed by atoms with Crippen molar-refractivity contribution in [1.82, 2.24) is 10.2 Å². The second kappa shape index (κ2) is 10.3. The van der Waals surface area contributed by atoms with Crippen molar-refractivity contribution in [2.24, 2.45) is 5.73 Å². The summed E-state index contributed by atoms with van der Waals surface area (Å²) >= 11 is 0. The third-order valence-electron chi connectivity index (χ3n) is 6.18. The Labute approximate surface area is 194 Å². The maximum atomic E-state index is 13.6. The first-order valence-corrected chi connectivity index (χ1v) is 11.3. The van der Waals surface area contributed by atoms with E-state index in [9.17, 15) is 14.7 Å². The predicted molar refractivity (Wildman–Crippen MR) is 127 cm³/mol. The Morgan fingerprint density at radius 1 is 0.970 bits per heavy atom. The van der Waals surface area contributed by atoms with Gasteiger partial charge in [-0.3, -0.25) is 9.59 Å². The van der Waals surface area contributed by atoms with Crippen LogP contribution in [0.3, 0.4) is 0 Å². The Bertz CT molecular complexity index is 1050. The average Bonchev–Trinajstić information content (AvgIpc) is 3.34. The van der Waals surface area contributed by atoms with Crippen molar-refractivity contribution in [2.75, 3.05) is 6.54 Å². The van der Waals surface area contributed by atoms with E-state index in [2.05, 4.69) is 5.32 Å². The van der Waals surface area contributed by atoms with E-state index in [4.69, 9.17) is 5.73 Å². The van der Waals surface area contributed by atoms with E-state index in [1.807, 2.05) is 66.7 Å². The summed E-state index contributed by atoms with van der Waals surface area (Å²) in [7, 11) is 0. The minimum absolute atomic E-state index is 0.151. The number of benzene rings is 3. The fourth-order valence-corrected chi connectivity index (χ4v) is 4.54. The number of hydrogen-bond donors (Lipinski definition) is 3. The predicted octanol–water partition coefficient (Wildman–Crippen LogP) is 3.16. The first kappa shape index (κ1) is 22.6. The lowest BCUT2D eigenvalue weighted by Crippen LogP contribution is -2.52. The summed E-state index contributed by atoms with van der Waals surface area (Å²) in [6.07, 6.45) is 1.36. The number of amides is 2. The van der Waals surface area contributed by atoms with Crippen LogP contribution in [0, 0.1) is 0 Å². The van der Waals surface area contributed by atoms with E-state index < -0.39 is 12.1 Å². The lowest BCUT2D eigenvalue weighted by atomic mass is 9.84. The zero-order chi connectivity index (χ0) is 23.2. The van der Waals surface area contributed by atoms with Gasteiger partial charge in [0.2, 0.25) is 11.8 Å². The molecule has 0 bridgehead atoms. The van der Waals surface area contributed by atoms with Crippen LogP contribution >= 0.6 is 0 Å². The van der Waals surface area contributed by atoms with Gasteiger partial charge in [0.1, 0.15) is 11.8 Å². The molecule has 0 aliphatic carbocycles. The fourth-order valence-electron chi connectivity index (χ4n) is 4.54. The van der Waals surface area contributed by atoms with Crippen molar-refractivity contribution < 1.29 is 14.7 Å². The number of aromatic hydroxyl groups is 1. The molecule has 33 heavy (non-hydrogen) atoms. The summed E-state index contributed by atoms with van der Waals surface area (Å²) in [5, 5.41) is 12.5. The number of carbonyl (C=O) groups is 2. The highest BCUT2D eigenvalue weighted by atomic mass is 16.3. The molecule has 1 fully saturated rings. The number of phenols is 1. The van der Waals surface area contributed by atoms with Crippen molar-refractivity contribution in [3.05, 3.63) is 102 Å². The largest absolute Gasteiger partial charge is 0.508 e. The van der Waals surface area contributed by atoms with Crippen molar-refractivity contribution in [3.8, 4) is 5.75 Å². The fraction of sp³-hybridized carbons (Fsp3) is 0.259. The molecule has 0 saturated carbocycles. The molecule has 4 N–H and O–H groups in total. The van der Waals surface area contributed by atoms with Crippen molar-refractivity contribution in [2.45, 2.75) is 37.4 Å². The molecular weight excluding hydrogens is 414 g/mol. The Morgan fingerprint density at radius 2 is 1.61 bits per heavy atom. The highest BCUT2D eigenvalue weighted by molar-refractivity contribution is 5.91. The minimum atomic E-state index is -0.811. The van der Waals surface area contributed by atoms with Crippen LogP contribution in [0.4, 0.5) is 0 Å². The van der Waals surface area contributed by atoms with Gasteiger partial charge in [0.05, 0.1) is 6.04 Å². The first-order valence-electron chi connectivity index (χ1n) is 11.3. The molecule has 170 valence electrons. The summed E-state index contributed by atoms with van der Waals surface area (Å²) in [6, 6.07) is 25.0. The molecule has 1 heterocycles. The molecule has 1 aliphatic heterocycles. The summed E-state index contributed by atoms with van der Waals surface area (Å²) < 4.78 is 0. The maximum absolute atomic E-state index is 13.6. The topological polar surface area (TPSA) is 95.7 Å². The normalized spacial score (nSPS) is 16.5. The van der Waals surface area contributed by atoms with Gasteiger partial charge in [-0.2, -0.15) is 0 Å². The van der Waals surface area contributed by atoms with Crippen LogP contribution < -0.4 is 11.1 Å². The third-order valence-corrected chi connectivity index (χ3v) is 6.18. The molecule has 6 heteroatoms. The van der Waals surface area contributed by atoms with E-state index in [1.54, 1.807) is 23.1 Å². The van der Waals surface area contributed by atoms with Gasteiger partial charge in [-0.25, -0.2) is 0 Å². The lowest BCUT2D eigenvalue weighted by molar-refractivity contribution is -0.139. The van der Waals surface area contributed by atoms with Crippen LogP contribution in [-0.2, 0) is 16.1 Å². The number of carbonyl (C=O) groups excluding carboxylic acids is 2. The zero-order valence-electron chi connectivity index (χ0n) is 18.4. The Hall–Kier alpha value is -3.64. The van der Waals surface area contributed by atoms with Gasteiger partial charge in [0.15, 0.2) is 0 Å². The summed E-state index contributed by atoms with van der Waals surface area (Å²) in [5.74, 6) is -0.579. The molecule has 0 spiro atoms. The molecule has 2 atom stereocenters. The Morgan fingerprint density at radius 3 is 2.21 bits per heavy atom. The molecule has 0 radical (unpaired) electrons. The molecule has 3 aromatic carbocycles.